The van der Waals surface area contributed by atoms with E-state index in [0.29, 0.717) is 6.42 Å². The number of amides is 1. The molecule has 0 spiro atoms. The van der Waals surface area contributed by atoms with Crippen molar-refractivity contribution in [3.05, 3.63) is 77.4 Å². The molecule has 2 aromatic rings. The van der Waals surface area contributed by atoms with Gasteiger partial charge in [-0.3, -0.25) is 9.69 Å². The van der Waals surface area contributed by atoms with Gasteiger partial charge in [0.2, 0.25) is 5.91 Å². The summed E-state index contributed by atoms with van der Waals surface area (Å²) in [4.78, 5) is 16.9. The standard InChI is InChI=1S/C22H26N2O/c1-19-7-5-10-21(17-19)18-22(25)24-15-13-23(14-16-24)12-6-11-20-8-3-2-4-9-20/h2-11,17H,12-16,18H2,1H3/b11-6+. The first-order valence-electron chi connectivity index (χ1n) is 8.98. The molecule has 1 fully saturated rings. The normalized spacial score (nSPS) is 15.6. The molecule has 1 aliphatic rings. The molecule has 0 unspecified atom stereocenters. The second-order valence-electron chi connectivity index (χ2n) is 6.66. The van der Waals surface area contributed by atoms with Crippen molar-refractivity contribution in [1.82, 2.24) is 9.80 Å². The third-order valence-corrected chi connectivity index (χ3v) is 4.64. The zero-order valence-corrected chi connectivity index (χ0v) is 14.9. The Hall–Kier alpha value is -2.39. The van der Waals surface area contributed by atoms with Gasteiger partial charge in [-0.1, -0.05) is 72.3 Å². The molecular formula is C22H26N2O. The largest absolute Gasteiger partial charge is 0.340 e. The van der Waals surface area contributed by atoms with Crippen molar-refractivity contribution in [2.45, 2.75) is 13.3 Å². The Labute approximate surface area is 150 Å². The molecule has 1 saturated heterocycles. The van der Waals surface area contributed by atoms with Gasteiger partial charge in [-0.05, 0) is 18.1 Å². The van der Waals surface area contributed by atoms with E-state index in [2.05, 4.69) is 60.4 Å². The maximum atomic E-state index is 12.5. The van der Waals surface area contributed by atoms with E-state index in [4.69, 9.17) is 0 Å². The van der Waals surface area contributed by atoms with Crippen LogP contribution in [-0.2, 0) is 11.2 Å². The lowest BCUT2D eigenvalue weighted by Gasteiger charge is -2.34. The molecule has 0 aliphatic carbocycles. The molecule has 0 saturated carbocycles. The summed E-state index contributed by atoms with van der Waals surface area (Å²) < 4.78 is 0. The molecule has 3 rings (SSSR count). The van der Waals surface area contributed by atoms with Crippen molar-refractivity contribution in [2.24, 2.45) is 0 Å². The minimum Gasteiger partial charge on any atom is -0.340 e. The summed E-state index contributed by atoms with van der Waals surface area (Å²) in [5.41, 5.74) is 3.55. The van der Waals surface area contributed by atoms with Crippen LogP contribution in [0.25, 0.3) is 6.08 Å². The summed E-state index contributed by atoms with van der Waals surface area (Å²) in [6.07, 6.45) is 4.88. The van der Waals surface area contributed by atoms with Gasteiger partial charge in [-0.2, -0.15) is 0 Å². The quantitative estimate of drug-likeness (QED) is 0.837. The van der Waals surface area contributed by atoms with Crippen molar-refractivity contribution in [2.75, 3.05) is 32.7 Å². The lowest BCUT2D eigenvalue weighted by atomic mass is 10.1. The first-order chi connectivity index (χ1) is 12.2. The Morgan fingerprint density at radius 3 is 2.48 bits per heavy atom. The van der Waals surface area contributed by atoms with Crippen molar-refractivity contribution in [3.63, 3.8) is 0 Å². The molecule has 1 amide bonds. The van der Waals surface area contributed by atoms with Crippen LogP contribution in [0.2, 0.25) is 0 Å². The summed E-state index contributed by atoms with van der Waals surface area (Å²) in [7, 11) is 0. The van der Waals surface area contributed by atoms with Crippen LogP contribution in [0.5, 0.6) is 0 Å². The molecule has 3 nitrogen and oxygen atoms in total. The van der Waals surface area contributed by atoms with E-state index < -0.39 is 0 Å². The smallest absolute Gasteiger partial charge is 0.227 e. The van der Waals surface area contributed by atoms with Gasteiger partial charge in [0.05, 0.1) is 6.42 Å². The van der Waals surface area contributed by atoms with Gasteiger partial charge in [0.15, 0.2) is 0 Å². The van der Waals surface area contributed by atoms with Crippen LogP contribution >= 0.6 is 0 Å². The van der Waals surface area contributed by atoms with E-state index in [-0.39, 0.29) is 5.91 Å². The highest BCUT2D eigenvalue weighted by atomic mass is 16.2. The van der Waals surface area contributed by atoms with Crippen LogP contribution in [-0.4, -0.2) is 48.4 Å². The fourth-order valence-electron chi connectivity index (χ4n) is 3.19. The van der Waals surface area contributed by atoms with Crippen molar-refractivity contribution < 1.29 is 4.79 Å². The molecule has 0 radical (unpaired) electrons. The summed E-state index contributed by atoms with van der Waals surface area (Å²) in [6, 6.07) is 18.6. The average Bonchev–Trinajstić information content (AvgIpc) is 2.63. The summed E-state index contributed by atoms with van der Waals surface area (Å²) in [5, 5.41) is 0. The van der Waals surface area contributed by atoms with Gasteiger partial charge < -0.3 is 4.90 Å². The van der Waals surface area contributed by atoms with Gasteiger partial charge >= 0.3 is 0 Å². The lowest BCUT2D eigenvalue weighted by Crippen LogP contribution is -2.49. The lowest BCUT2D eigenvalue weighted by molar-refractivity contribution is -0.132. The first-order valence-corrected chi connectivity index (χ1v) is 8.98. The van der Waals surface area contributed by atoms with Gasteiger partial charge in [0, 0.05) is 32.7 Å². The number of carbonyl (C=O) groups is 1. The van der Waals surface area contributed by atoms with E-state index in [1.165, 1.54) is 11.1 Å². The van der Waals surface area contributed by atoms with Gasteiger partial charge in [0.1, 0.15) is 0 Å². The topological polar surface area (TPSA) is 23.6 Å². The second-order valence-corrected chi connectivity index (χ2v) is 6.66. The Morgan fingerprint density at radius 2 is 1.76 bits per heavy atom. The number of nitrogens with zero attached hydrogens (tertiary/aromatic N) is 2. The fraction of sp³-hybridized carbons (Fsp3) is 0.318. The second kappa shape index (κ2) is 8.63. The van der Waals surface area contributed by atoms with Crippen LogP contribution in [0.4, 0.5) is 0 Å². The molecular weight excluding hydrogens is 308 g/mol. The Balaban J connectivity index is 1.43. The number of aryl methyl sites for hydroxylation is 1. The summed E-state index contributed by atoms with van der Waals surface area (Å²) in [5.74, 6) is 0.241. The Bertz CT molecular complexity index is 716. The number of hydrogen-bond donors (Lipinski definition) is 0. The number of hydrogen-bond acceptors (Lipinski definition) is 2. The van der Waals surface area contributed by atoms with Crippen LogP contribution in [0, 0.1) is 6.92 Å². The highest BCUT2D eigenvalue weighted by Gasteiger charge is 2.20. The molecule has 1 aliphatic heterocycles. The maximum absolute atomic E-state index is 12.5. The predicted octanol–water partition coefficient (Wildman–Crippen LogP) is 3.40. The molecule has 25 heavy (non-hydrogen) atoms. The van der Waals surface area contributed by atoms with Crippen molar-refractivity contribution >= 4 is 12.0 Å². The molecule has 1 heterocycles. The van der Waals surface area contributed by atoms with Gasteiger partial charge in [0.25, 0.3) is 0 Å². The minimum absolute atomic E-state index is 0.241. The third kappa shape index (κ3) is 5.30. The van der Waals surface area contributed by atoms with E-state index in [9.17, 15) is 4.79 Å². The number of benzene rings is 2. The molecule has 130 valence electrons. The number of rotatable bonds is 5. The monoisotopic (exact) mass is 334 g/mol. The molecule has 0 N–H and O–H groups in total. The van der Waals surface area contributed by atoms with Gasteiger partial charge in [-0.15, -0.1) is 0 Å². The van der Waals surface area contributed by atoms with Crippen molar-refractivity contribution in [1.29, 1.82) is 0 Å². The summed E-state index contributed by atoms with van der Waals surface area (Å²) in [6.45, 7) is 6.54. The van der Waals surface area contributed by atoms with E-state index in [1.807, 2.05) is 23.1 Å². The maximum Gasteiger partial charge on any atom is 0.227 e. The average molecular weight is 334 g/mol. The van der Waals surface area contributed by atoms with Crippen LogP contribution in [0.3, 0.4) is 0 Å². The fourth-order valence-corrected chi connectivity index (χ4v) is 3.19. The summed E-state index contributed by atoms with van der Waals surface area (Å²) >= 11 is 0. The zero-order chi connectivity index (χ0) is 17.5. The molecule has 0 bridgehead atoms. The van der Waals surface area contributed by atoms with E-state index >= 15 is 0 Å². The predicted molar refractivity (Wildman–Crippen MR) is 103 cm³/mol. The SMILES string of the molecule is Cc1cccc(CC(=O)N2CCN(C/C=C/c3ccccc3)CC2)c1. The highest BCUT2D eigenvalue weighted by Crippen LogP contribution is 2.09. The van der Waals surface area contributed by atoms with E-state index in [1.54, 1.807) is 0 Å². The van der Waals surface area contributed by atoms with E-state index in [0.717, 1.165) is 38.3 Å². The minimum atomic E-state index is 0.241. The van der Waals surface area contributed by atoms with Gasteiger partial charge in [-0.25, -0.2) is 0 Å². The molecule has 3 heteroatoms. The van der Waals surface area contributed by atoms with Crippen molar-refractivity contribution in [3.8, 4) is 0 Å². The first kappa shape index (κ1) is 17.4. The highest BCUT2D eigenvalue weighted by molar-refractivity contribution is 5.79. The number of piperazine rings is 1. The molecule has 2 aromatic carbocycles. The zero-order valence-electron chi connectivity index (χ0n) is 14.9. The molecule has 0 atom stereocenters. The van der Waals surface area contributed by atoms with Crippen LogP contribution < -0.4 is 0 Å². The third-order valence-electron chi connectivity index (χ3n) is 4.64. The Kier molecular flexibility index (Phi) is 6.02. The Morgan fingerprint density at radius 1 is 1.00 bits per heavy atom. The number of carbonyl (C=O) groups excluding carboxylic acids is 1. The molecule has 0 aromatic heterocycles. The van der Waals surface area contributed by atoms with Crippen LogP contribution in [0.1, 0.15) is 16.7 Å². The van der Waals surface area contributed by atoms with Crippen LogP contribution in [0.15, 0.2) is 60.7 Å².